The zero-order valence-electron chi connectivity index (χ0n) is 35.0. The summed E-state index contributed by atoms with van der Waals surface area (Å²) < 4.78 is 26.4. The molecule has 4 aromatic rings. The first-order chi connectivity index (χ1) is 27.8. The number of nitrogens with one attached hydrogen (secondary N) is 2. The summed E-state index contributed by atoms with van der Waals surface area (Å²) >= 11 is 0. The molecule has 0 radical (unpaired) electrons. The molecule has 5 rings (SSSR count). The van der Waals surface area contributed by atoms with E-state index < -0.39 is 65.1 Å². The molecule has 0 saturated carbocycles. The molecule has 3 heterocycles. The number of carbonyl (C=O) groups excluding carboxylic acids is 5. The average Bonchev–Trinajstić information content (AvgIpc) is 3.80. The van der Waals surface area contributed by atoms with Crippen LogP contribution in [0.3, 0.4) is 0 Å². The van der Waals surface area contributed by atoms with Crippen LogP contribution in [0.25, 0.3) is 5.78 Å². The van der Waals surface area contributed by atoms with Crippen LogP contribution in [0.2, 0.25) is 0 Å². The third kappa shape index (κ3) is 12.0. The third-order valence-electron chi connectivity index (χ3n) is 10.0. The zero-order valence-corrected chi connectivity index (χ0v) is 35.0. The molecular weight excluding hydrogens is 760 g/mol. The standard InChI is InChI=1S/C43H55FN8O7/c1-28(49(8)41(57)59-43(5,6)7)36(53)48-35(42(2,3)4)38(55)52-24-32(46-40(56)58-27-30-13-10-9-11-14-30)23-33(52)25-50(22-19-29-15-17-31(44)18-16-29)37(54)34-26-51-21-12-20-45-39(51)47-34/h9-18,20-21,26,28,32-33,35H,19,22-25,27H2,1-8H3,(H,46,56)(H,48,53)/t28-,32-,33-,35+/m0/s1. The lowest BCUT2D eigenvalue weighted by Crippen LogP contribution is -2.60. The number of imidazole rings is 1. The highest BCUT2D eigenvalue weighted by Crippen LogP contribution is 2.28. The quantitative estimate of drug-likeness (QED) is 0.184. The first kappa shape index (κ1) is 44.1. The van der Waals surface area contributed by atoms with Gasteiger partial charge in [-0.2, -0.15) is 0 Å². The molecule has 4 atom stereocenters. The molecule has 316 valence electrons. The maximum atomic E-state index is 14.8. The first-order valence-electron chi connectivity index (χ1n) is 19.7. The Morgan fingerprint density at radius 2 is 1.66 bits per heavy atom. The Kier molecular flexibility index (Phi) is 13.9. The Hall–Kier alpha value is -6.06. The van der Waals surface area contributed by atoms with E-state index in [1.54, 1.807) is 78.7 Å². The van der Waals surface area contributed by atoms with E-state index >= 15 is 0 Å². The molecule has 0 aliphatic carbocycles. The molecule has 0 spiro atoms. The third-order valence-corrected chi connectivity index (χ3v) is 10.0. The highest BCUT2D eigenvalue weighted by Gasteiger charge is 2.44. The predicted molar refractivity (Wildman–Crippen MR) is 218 cm³/mol. The van der Waals surface area contributed by atoms with E-state index in [1.807, 2.05) is 51.1 Å². The van der Waals surface area contributed by atoms with Crippen LogP contribution in [0.4, 0.5) is 14.0 Å². The molecule has 1 aliphatic heterocycles. The Balaban J connectivity index is 1.42. The van der Waals surface area contributed by atoms with Gasteiger partial charge in [0, 0.05) is 45.3 Å². The van der Waals surface area contributed by atoms with Gasteiger partial charge in [-0.3, -0.25) is 23.7 Å². The second kappa shape index (κ2) is 18.7. The number of rotatable bonds is 13. The number of ether oxygens (including phenoxy) is 2. The summed E-state index contributed by atoms with van der Waals surface area (Å²) in [5.74, 6) is -1.47. The number of likely N-dealkylation sites (N-methyl/N-ethyl adjacent to an activating group) is 1. The average molecular weight is 815 g/mol. The van der Waals surface area contributed by atoms with Gasteiger partial charge in [0.05, 0.1) is 12.1 Å². The summed E-state index contributed by atoms with van der Waals surface area (Å²) in [6.45, 7) is 12.5. The van der Waals surface area contributed by atoms with E-state index in [0.29, 0.717) is 12.2 Å². The highest BCUT2D eigenvalue weighted by atomic mass is 19.1. The lowest BCUT2D eigenvalue weighted by atomic mass is 9.85. The predicted octanol–water partition coefficient (Wildman–Crippen LogP) is 5.24. The fraction of sp³-hybridized carbons (Fsp3) is 0.465. The fourth-order valence-corrected chi connectivity index (χ4v) is 6.68. The van der Waals surface area contributed by atoms with Crippen molar-refractivity contribution in [1.29, 1.82) is 0 Å². The van der Waals surface area contributed by atoms with Crippen molar-refractivity contribution in [2.45, 2.75) is 97.7 Å². The summed E-state index contributed by atoms with van der Waals surface area (Å²) in [5, 5.41) is 5.79. The zero-order chi connectivity index (χ0) is 43.1. The topological polar surface area (TPSA) is 168 Å². The van der Waals surface area contributed by atoms with Gasteiger partial charge in [0.2, 0.25) is 17.6 Å². The van der Waals surface area contributed by atoms with Crippen molar-refractivity contribution in [3.8, 4) is 0 Å². The second-order valence-electron chi connectivity index (χ2n) is 16.9. The lowest BCUT2D eigenvalue weighted by molar-refractivity contribution is -0.141. The van der Waals surface area contributed by atoms with Crippen LogP contribution < -0.4 is 10.6 Å². The number of amides is 5. The van der Waals surface area contributed by atoms with Crippen LogP contribution in [0.15, 0.2) is 79.3 Å². The Labute approximate surface area is 344 Å². The molecule has 0 unspecified atom stereocenters. The second-order valence-corrected chi connectivity index (χ2v) is 16.9. The van der Waals surface area contributed by atoms with Gasteiger partial charge in [0.25, 0.3) is 5.91 Å². The van der Waals surface area contributed by atoms with Crippen LogP contribution in [0.5, 0.6) is 0 Å². The minimum Gasteiger partial charge on any atom is -0.445 e. The van der Waals surface area contributed by atoms with Gasteiger partial charge in [-0.15, -0.1) is 0 Å². The van der Waals surface area contributed by atoms with Crippen molar-refractivity contribution < 1.29 is 37.8 Å². The van der Waals surface area contributed by atoms with E-state index in [1.165, 1.54) is 24.1 Å². The van der Waals surface area contributed by atoms with E-state index in [0.717, 1.165) is 11.1 Å². The van der Waals surface area contributed by atoms with E-state index in [-0.39, 0.29) is 44.2 Å². The van der Waals surface area contributed by atoms with Crippen LogP contribution in [-0.4, -0.2) is 115 Å². The molecule has 0 bridgehead atoms. The van der Waals surface area contributed by atoms with Crippen molar-refractivity contribution in [2.24, 2.45) is 5.41 Å². The molecule has 5 amide bonds. The number of alkyl carbamates (subject to hydrolysis) is 1. The number of likely N-dealkylation sites (tertiary alicyclic amines) is 1. The molecule has 1 aliphatic rings. The number of carbonyl (C=O) groups is 5. The van der Waals surface area contributed by atoms with Gasteiger partial charge in [0.1, 0.15) is 35.8 Å². The number of fused-ring (bicyclic) bond motifs is 1. The Bertz CT molecular complexity index is 2070. The normalized spacial score (nSPS) is 16.5. The minimum atomic E-state index is -1.08. The summed E-state index contributed by atoms with van der Waals surface area (Å²) in [5.41, 5.74) is 0.133. The van der Waals surface area contributed by atoms with E-state index in [9.17, 15) is 28.4 Å². The van der Waals surface area contributed by atoms with Gasteiger partial charge in [0.15, 0.2) is 0 Å². The summed E-state index contributed by atoms with van der Waals surface area (Å²) in [7, 11) is 1.45. The monoisotopic (exact) mass is 814 g/mol. The summed E-state index contributed by atoms with van der Waals surface area (Å²) in [4.78, 5) is 81.9. The van der Waals surface area contributed by atoms with Gasteiger partial charge in [-0.1, -0.05) is 63.2 Å². The molecule has 2 aromatic carbocycles. The number of benzene rings is 2. The Morgan fingerprint density at radius 1 is 0.966 bits per heavy atom. The summed E-state index contributed by atoms with van der Waals surface area (Å²) in [6, 6.07) is 13.7. The van der Waals surface area contributed by atoms with Crippen molar-refractivity contribution in [1.82, 2.24) is 39.7 Å². The van der Waals surface area contributed by atoms with Gasteiger partial charge in [-0.05, 0) is 75.3 Å². The number of halogens is 1. The van der Waals surface area contributed by atoms with Crippen LogP contribution in [-0.2, 0) is 32.1 Å². The smallest absolute Gasteiger partial charge is 0.410 e. The van der Waals surface area contributed by atoms with Gasteiger partial charge >= 0.3 is 12.2 Å². The molecule has 1 fully saturated rings. The molecule has 2 aromatic heterocycles. The molecule has 2 N–H and O–H groups in total. The van der Waals surface area contributed by atoms with Crippen molar-refractivity contribution in [3.05, 3.63) is 102 Å². The minimum absolute atomic E-state index is 0.0346. The van der Waals surface area contributed by atoms with Crippen LogP contribution >= 0.6 is 0 Å². The van der Waals surface area contributed by atoms with E-state index in [2.05, 4.69) is 20.6 Å². The molecule has 59 heavy (non-hydrogen) atoms. The van der Waals surface area contributed by atoms with Gasteiger partial charge < -0.3 is 29.9 Å². The van der Waals surface area contributed by atoms with E-state index in [4.69, 9.17) is 9.47 Å². The van der Waals surface area contributed by atoms with Crippen molar-refractivity contribution in [3.63, 3.8) is 0 Å². The molecular formula is C43H55FN8O7. The molecule has 16 heteroatoms. The molecule has 15 nitrogen and oxygen atoms in total. The largest absolute Gasteiger partial charge is 0.445 e. The Morgan fingerprint density at radius 3 is 2.31 bits per heavy atom. The first-order valence-corrected chi connectivity index (χ1v) is 19.7. The van der Waals surface area contributed by atoms with Crippen molar-refractivity contribution in [2.75, 3.05) is 26.7 Å². The fourth-order valence-electron chi connectivity index (χ4n) is 6.68. The van der Waals surface area contributed by atoms with Gasteiger partial charge in [-0.25, -0.2) is 23.9 Å². The van der Waals surface area contributed by atoms with Crippen molar-refractivity contribution >= 4 is 35.7 Å². The summed E-state index contributed by atoms with van der Waals surface area (Å²) in [6.07, 6.45) is 4.14. The lowest BCUT2D eigenvalue weighted by Gasteiger charge is -2.38. The maximum Gasteiger partial charge on any atom is 0.410 e. The molecule has 1 saturated heterocycles. The highest BCUT2D eigenvalue weighted by molar-refractivity contribution is 5.93. The maximum absolute atomic E-state index is 14.8. The van der Waals surface area contributed by atoms with Crippen LogP contribution in [0.1, 0.15) is 76.5 Å². The number of hydrogen-bond acceptors (Lipinski definition) is 9. The number of aromatic nitrogens is 3. The van der Waals surface area contributed by atoms with Crippen LogP contribution in [0, 0.1) is 11.2 Å². The number of nitrogens with zero attached hydrogens (tertiary/aromatic N) is 6. The number of hydrogen-bond donors (Lipinski definition) is 2. The SMILES string of the molecule is C[C@@H](C(=O)N[C@H](C(=O)N1C[C@@H](NC(=O)OCc2ccccc2)C[C@H]1CN(CCc1ccc(F)cc1)C(=O)c1cn2cccnc2n1)C(C)(C)C)N(C)C(=O)OC(C)(C)C.